The largest absolute Gasteiger partial charge is 0.441 e. The molecule has 0 aliphatic heterocycles. The van der Waals surface area contributed by atoms with Gasteiger partial charge in [-0.2, -0.15) is 8.42 Å². The van der Waals surface area contributed by atoms with E-state index >= 15 is 0 Å². The predicted octanol–water partition coefficient (Wildman–Crippen LogP) is 5.09. The fourth-order valence-corrected chi connectivity index (χ4v) is 3.89. The topological polar surface area (TPSA) is 91.5 Å². The maximum absolute atomic E-state index is 12.3. The van der Waals surface area contributed by atoms with Crippen LogP contribution < -0.4 is 4.74 Å². The molecule has 0 amide bonds. The van der Waals surface area contributed by atoms with Crippen LogP contribution in [0.15, 0.2) is 82.2 Å². The fourth-order valence-electron chi connectivity index (χ4n) is 2.98. The van der Waals surface area contributed by atoms with Crippen LogP contribution in [0.3, 0.4) is 0 Å². The van der Waals surface area contributed by atoms with Crippen LogP contribution in [0.1, 0.15) is 17.0 Å². The molecule has 0 aliphatic rings. The summed E-state index contributed by atoms with van der Waals surface area (Å²) in [5.74, 6) is 2.15. The molecule has 164 valence electrons. The predicted molar refractivity (Wildman–Crippen MR) is 119 cm³/mol. The second-order valence-corrected chi connectivity index (χ2v) is 8.78. The van der Waals surface area contributed by atoms with Gasteiger partial charge in [0.2, 0.25) is 11.8 Å². The van der Waals surface area contributed by atoms with E-state index in [1.54, 1.807) is 37.4 Å². The first-order valence-electron chi connectivity index (χ1n) is 10.0. The highest BCUT2D eigenvalue weighted by Gasteiger charge is 2.17. The van der Waals surface area contributed by atoms with Gasteiger partial charge in [-0.05, 0) is 44.2 Å². The minimum absolute atomic E-state index is 0.0366. The molecule has 0 saturated carbocycles. The first-order valence-corrected chi connectivity index (χ1v) is 11.4. The average molecular weight is 451 g/mol. The highest BCUT2D eigenvalue weighted by atomic mass is 32.2. The van der Waals surface area contributed by atoms with Crippen molar-refractivity contribution < 1.29 is 21.8 Å². The molecule has 0 spiro atoms. The number of aryl methyl sites for hydroxylation is 2. The van der Waals surface area contributed by atoms with Crippen LogP contribution in [0.2, 0.25) is 0 Å². The van der Waals surface area contributed by atoms with Crippen molar-refractivity contribution in [3.05, 3.63) is 89.9 Å². The molecule has 0 radical (unpaired) electrons. The molecular weight excluding hydrogens is 428 g/mol. The van der Waals surface area contributed by atoms with Gasteiger partial charge in [0.1, 0.15) is 11.5 Å². The molecule has 4 aromatic rings. The lowest BCUT2D eigenvalue weighted by Crippen LogP contribution is -2.09. The minimum atomic E-state index is -3.82. The molecule has 2 aromatic carbocycles. The number of ether oxygens (including phenoxy) is 1. The molecule has 0 N–H and O–H groups in total. The zero-order valence-corrected chi connectivity index (χ0v) is 18.5. The Morgan fingerprint density at radius 1 is 0.938 bits per heavy atom. The van der Waals surface area contributed by atoms with E-state index in [0.29, 0.717) is 41.0 Å². The van der Waals surface area contributed by atoms with Gasteiger partial charge in [-0.3, -0.25) is 4.18 Å². The van der Waals surface area contributed by atoms with Gasteiger partial charge in [0.05, 0.1) is 22.8 Å². The van der Waals surface area contributed by atoms with Gasteiger partial charge < -0.3 is 9.15 Å². The van der Waals surface area contributed by atoms with Crippen molar-refractivity contribution in [2.45, 2.75) is 25.2 Å². The normalized spacial score (nSPS) is 11.4. The summed E-state index contributed by atoms with van der Waals surface area (Å²) in [7, 11) is -3.82. The van der Waals surface area contributed by atoms with E-state index in [9.17, 15) is 8.42 Å². The minimum Gasteiger partial charge on any atom is -0.441 e. The van der Waals surface area contributed by atoms with Gasteiger partial charge in [0, 0.05) is 18.7 Å². The fraction of sp³-hybridized carbons (Fsp3) is 0.167. The van der Waals surface area contributed by atoms with E-state index in [-0.39, 0.29) is 11.5 Å². The summed E-state index contributed by atoms with van der Waals surface area (Å²) in [6, 6.07) is 19.4. The number of benzene rings is 2. The summed E-state index contributed by atoms with van der Waals surface area (Å²) in [4.78, 5) is 8.90. The first-order chi connectivity index (χ1) is 15.4. The summed E-state index contributed by atoms with van der Waals surface area (Å²) in [6.45, 7) is 3.63. The smallest absolute Gasteiger partial charge is 0.296 e. The van der Waals surface area contributed by atoms with Crippen molar-refractivity contribution in [3.63, 3.8) is 0 Å². The van der Waals surface area contributed by atoms with E-state index in [0.717, 1.165) is 5.56 Å². The van der Waals surface area contributed by atoms with E-state index in [4.69, 9.17) is 13.3 Å². The number of hydrogen-bond acceptors (Lipinski definition) is 7. The molecular formula is C24H22N2O5S. The Labute approximate surface area is 186 Å². The van der Waals surface area contributed by atoms with Crippen molar-refractivity contribution in [2.75, 3.05) is 6.61 Å². The molecule has 2 heterocycles. The van der Waals surface area contributed by atoms with Crippen LogP contribution in [0.5, 0.6) is 11.6 Å². The summed E-state index contributed by atoms with van der Waals surface area (Å²) in [6.07, 6.45) is 1.91. The first kappa shape index (κ1) is 21.7. The molecule has 32 heavy (non-hydrogen) atoms. The number of nitrogens with zero attached hydrogens (tertiary/aromatic N) is 2. The summed E-state index contributed by atoms with van der Waals surface area (Å²) < 4.78 is 41.2. The Bertz CT molecular complexity index is 1280. The second-order valence-electron chi connectivity index (χ2n) is 7.16. The number of hydrogen-bond donors (Lipinski definition) is 0. The Morgan fingerprint density at radius 2 is 1.69 bits per heavy atom. The van der Waals surface area contributed by atoms with Gasteiger partial charge in [-0.1, -0.05) is 35.9 Å². The van der Waals surface area contributed by atoms with Crippen molar-refractivity contribution in [3.8, 4) is 23.1 Å². The molecule has 0 aliphatic carbocycles. The number of aromatic nitrogens is 2. The SMILES string of the molecule is Cc1ccc(S(=O)(=O)OCCc2nc(-c3ccc(Oc4ccccc4)nc3)oc2C)cc1. The van der Waals surface area contributed by atoms with Crippen molar-refractivity contribution in [1.82, 2.24) is 9.97 Å². The van der Waals surface area contributed by atoms with Crippen LogP contribution in [0.25, 0.3) is 11.5 Å². The molecule has 0 saturated heterocycles. The lowest BCUT2D eigenvalue weighted by molar-refractivity contribution is 0.320. The van der Waals surface area contributed by atoms with Crippen LogP contribution in [-0.4, -0.2) is 25.0 Å². The summed E-state index contributed by atoms with van der Waals surface area (Å²) in [5, 5.41) is 0. The molecule has 0 unspecified atom stereocenters. The highest BCUT2D eigenvalue weighted by molar-refractivity contribution is 7.86. The summed E-state index contributed by atoms with van der Waals surface area (Å²) >= 11 is 0. The van der Waals surface area contributed by atoms with Gasteiger partial charge in [-0.15, -0.1) is 0 Å². The van der Waals surface area contributed by atoms with Crippen molar-refractivity contribution in [2.24, 2.45) is 0 Å². The van der Waals surface area contributed by atoms with Gasteiger partial charge >= 0.3 is 0 Å². The number of rotatable bonds is 8. The maximum atomic E-state index is 12.3. The van der Waals surface area contributed by atoms with Crippen LogP contribution in [-0.2, 0) is 20.7 Å². The lowest BCUT2D eigenvalue weighted by atomic mass is 10.2. The van der Waals surface area contributed by atoms with Crippen LogP contribution in [0, 0.1) is 13.8 Å². The van der Waals surface area contributed by atoms with Crippen molar-refractivity contribution >= 4 is 10.1 Å². The zero-order chi connectivity index (χ0) is 22.6. The molecule has 4 rings (SSSR count). The number of para-hydroxylation sites is 1. The molecule has 0 fully saturated rings. The molecule has 2 aromatic heterocycles. The Morgan fingerprint density at radius 3 is 2.38 bits per heavy atom. The van der Waals surface area contributed by atoms with Crippen LogP contribution in [0.4, 0.5) is 0 Å². The number of oxazole rings is 1. The Balaban J connectivity index is 1.39. The second kappa shape index (κ2) is 9.33. The molecule has 0 atom stereocenters. The Hall–Kier alpha value is -3.49. The van der Waals surface area contributed by atoms with E-state index in [1.165, 1.54) is 12.1 Å². The van der Waals surface area contributed by atoms with E-state index < -0.39 is 10.1 Å². The third-order valence-electron chi connectivity index (χ3n) is 4.73. The molecule has 7 nitrogen and oxygen atoms in total. The maximum Gasteiger partial charge on any atom is 0.296 e. The summed E-state index contributed by atoms with van der Waals surface area (Å²) in [5.41, 5.74) is 2.29. The monoisotopic (exact) mass is 450 g/mol. The molecule has 0 bridgehead atoms. The number of pyridine rings is 1. The van der Waals surface area contributed by atoms with E-state index in [2.05, 4.69) is 9.97 Å². The standard InChI is InChI=1S/C24H22N2O5S/c1-17-8-11-21(12-9-17)32(27,28)29-15-14-22-18(2)30-24(26-22)19-10-13-23(25-16-19)31-20-6-4-3-5-7-20/h3-13,16H,14-15H2,1-2H3. The van der Waals surface area contributed by atoms with E-state index in [1.807, 2.05) is 37.3 Å². The third-order valence-corrected chi connectivity index (χ3v) is 6.06. The van der Waals surface area contributed by atoms with Gasteiger partial charge in [0.15, 0.2) is 0 Å². The quantitative estimate of drug-likeness (QED) is 0.345. The van der Waals surface area contributed by atoms with Gasteiger partial charge in [-0.25, -0.2) is 9.97 Å². The lowest BCUT2D eigenvalue weighted by Gasteiger charge is -2.05. The zero-order valence-electron chi connectivity index (χ0n) is 17.7. The van der Waals surface area contributed by atoms with Crippen LogP contribution >= 0.6 is 0 Å². The highest BCUT2D eigenvalue weighted by Crippen LogP contribution is 2.25. The third kappa shape index (κ3) is 5.22. The Kier molecular flexibility index (Phi) is 6.34. The average Bonchev–Trinajstić information content (AvgIpc) is 3.15. The van der Waals surface area contributed by atoms with Crippen molar-refractivity contribution in [1.29, 1.82) is 0 Å². The molecule has 8 heteroatoms. The van der Waals surface area contributed by atoms with Gasteiger partial charge in [0.25, 0.3) is 10.1 Å².